The van der Waals surface area contributed by atoms with Crippen LogP contribution in [0.5, 0.6) is 0 Å². The van der Waals surface area contributed by atoms with Crippen LogP contribution in [-0.4, -0.2) is 15.1 Å². The van der Waals surface area contributed by atoms with Crippen LogP contribution in [-0.2, 0) is 0 Å². The Morgan fingerprint density at radius 2 is 1.94 bits per heavy atom. The van der Waals surface area contributed by atoms with Gasteiger partial charge in [0.15, 0.2) is 5.82 Å². The van der Waals surface area contributed by atoms with E-state index >= 15 is 0 Å². The summed E-state index contributed by atoms with van der Waals surface area (Å²) in [7, 11) is 0. The predicted molar refractivity (Wildman–Crippen MR) is 60.2 cm³/mol. The Labute approximate surface area is 100 Å². The second-order valence-corrected chi connectivity index (χ2v) is 4.09. The fourth-order valence-corrected chi connectivity index (χ4v) is 1.69. The second kappa shape index (κ2) is 4.67. The lowest BCUT2D eigenvalue weighted by atomic mass is 10.1. The van der Waals surface area contributed by atoms with Crippen LogP contribution in [0.2, 0.25) is 0 Å². The Hall–Kier alpha value is -1.33. The molecule has 1 N–H and O–H groups in total. The zero-order valence-corrected chi connectivity index (χ0v) is 9.73. The average molecular weight is 283 g/mol. The van der Waals surface area contributed by atoms with Crippen LogP contribution < -0.4 is 0 Å². The lowest BCUT2D eigenvalue weighted by molar-refractivity contribution is 0.204. The van der Waals surface area contributed by atoms with Crippen molar-refractivity contribution >= 4 is 15.9 Å². The van der Waals surface area contributed by atoms with Crippen molar-refractivity contribution < 1.29 is 9.50 Å². The maximum atomic E-state index is 13.5. The smallest absolute Gasteiger partial charge is 0.161 e. The first-order chi connectivity index (χ1) is 7.68. The van der Waals surface area contributed by atoms with E-state index < -0.39 is 11.9 Å². The van der Waals surface area contributed by atoms with Crippen LogP contribution in [0.25, 0.3) is 0 Å². The van der Waals surface area contributed by atoms with Crippen LogP contribution in [0.15, 0.2) is 41.1 Å². The summed E-state index contributed by atoms with van der Waals surface area (Å²) >= 11 is 3.22. The van der Waals surface area contributed by atoms with Crippen molar-refractivity contribution in [2.75, 3.05) is 0 Å². The minimum atomic E-state index is -1.15. The number of nitrogens with zero attached hydrogens (tertiary/aromatic N) is 2. The minimum Gasteiger partial charge on any atom is -0.380 e. The van der Waals surface area contributed by atoms with Crippen LogP contribution in [0.4, 0.5) is 4.39 Å². The molecule has 0 spiro atoms. The first kappa shape index (κ1) is 11.2. The summed E-state index contributed by atoms with van der Waals surface area (Å²) in [6.45, 7) is 0. The van der Waals surface area contributed by atoms with Gasteiger partial charge >= 0.3 is 0 Å². The van der Waals surface area contributed by atoms with E-state index in [0.29, 0.717) is 4.47 Å². The minimum absolute atomic E-state index is 0.153. The van der Waals surface area contributed by atoms with E-state index in [0.717, 1.165) is 0 Å². The normalized spacial score (nSPS) is 12.4. The van der Waals surface area contributed by atoms with Crippen LogP contribution in [0.3, 0.4) is 0 Å². The highest BCUT2D eigenvalue weighted by Crippen LogP contribution is 2.24. The predicted octanol–water partition coefficient (Wildman–Crippen LogP) is 2.46. The van der Waals surface area contributed by atoms with E-state index in [4.69, 9.17) is 0 Å². The highest BCUT2D eigenvalue weighted by Gasteiger charge is 2.17. The number of halogens is 2. The Bertz CT molecular complexity index is 493. The molecule has 1 aromatic carbocycles. The van der Waals surface area contributed by atoms with Gasteiger partial charge in [0.2, 0.25) is 0 Å². The topological polar surface area (TPSA) is 46.0 Å². The summed E-state index contributed by atoms with van der Waals surface area (Å²) in [6.07, 6.45) is 1.85. The summed E-state index contributed by atoms with van der Waals surface area (Å²) < 4.78 is 14.2. The van der Waals surface area contributed by atoms with Gasteiger partial charge in [0.25, 0.3) is 0 Å². The molecule has 1 heterocycles. The number of hydrogen-bond acceptors (Lipinski definition) is 3. The average Bonchev–Trinajstić information content (AvgIpc) is 2.32. The second-order valence-electron chi connectivity index (χ2n) is 3.18. The maximum absolute atomic E-state index is 13.5. The zero-order chi connectivity index (χ0) is 11.5. The van der Waals surface area contributed by atoms with Gasteiger partial charge in [0, 0.05) is 22.4 Å². The summed E-state index contributed by atoms with van der Waals surface area (Å²) in [5.74, 6) is -0.303. The molecule has 0 amide bonds. The summed E-state index contributed by atoms with van der Waals surface area (Å²) in [6, 6.07) is 5.99. The summed E-state index contributed by atoms with van der Waals surface area (Å²) in [5.41, 5.74) is 0.153. The Balaban J connectivity index is 2.41. The summed E-state index contributed by atoms with van der Waals surface area (Å²) in [4.78, 5) is 7.77. The van der Waals surface area contributed by atoms with Crippen molar-refractivity contribution in [3.63, 3.8) is 0 Å². The molecule has 16 heavy (non-hydrogen) atoms. The molecule has 5 heteroatoms. The highest BCUT2D eigenvalue weighted by molar-refractivity contribution is 9.10. The molecule has 1 unspecified atom stereocenters. The van der Waals surface area contributed by atoms with Gasteiger partial charge in [-0.25, -0.2) is 14.4 Å². The first-order valence-corrected chi connectivity index (χ1v) is 5.37. The number of aliphatic hydroxyl groups is 1. The van der Waals surface area contributed by atoms with E-state index in [2.05, 4.69) is 25.9 Å². The van der Waals surface area contributed by atoms with Gasteiger partial charge in [-0.05, 0) is 24.3 Å². The van der Waals surface area contributed by atoms with E-state index in [1.165, 1.54) is 24.5 Å². The van der Waals surface area contributed by atoms with Crippen molar-refractivity contribution in [3.8, 4) is 0 Å². The Kier molecular flexibility index (Phi) is 3.26. The van der Waals surface area contributed by atoms with Gasteiger partial charge < -0.3 is 5.11 Å². The number of hydrogen-bond donors (Lipinski definition) is 1. The molecule has 0 fully saturated rings. The molecule has 2 aromatic rings. The standard InChI is InChI=1S/C11H8BrFN2O/c12-7-2-3-9(13)8(6-7)10(16)11-14-4-1-5-15-11/h1-6,10,16H. The number of rotatable bonds is 2. The monoisotopic (exact) mass is 282 g/mol. The molecule has 0 aliphatic carbocycles. The van der Waals surface area contributed by atoms with Gasteiger partial charge in [-0.3, -0.25) is 0 Å². The third-order valence-corrected chi connectivity index (χ3v) is 2.58. The van der Waals surface area contributed by atoms with Gasteiger partial charge in [-0.15, -0.1) is 0 Å². The number of aliphatic hydroxyl groups excluding tert-OH is 1. The lowest BCUT2D eigenvalue weighted by Gasteiger charge is -2.10. The fraction of sp³-hybridized carbons (Fsp3) is 0.0909. The molecule has 0 saturated carbocycles. The van der Waals surface area contributed by atoms with Gasteiger partial charge in [-0.1, -0.05) is 15.9 Å². The van der Waals surface area contributed by atoms with Crippen LogP contribution in [0.1, 0.15) is 17.5 Å². The van der Waals surface area contributed by atoms with Crippen molar-refractivity contribution in [1.29, 1.82) is 0 Å². The summed E-state index contributed by atoms with van der Waals surface area (Å²) in [5, 5.41) is 9.91. The molecule has 0 aliphatic rings. The SMILES string of the molecule is OC(c1ncccn1)c1cc(Br)ccc1F. The molecule has 0 bridgehead atoms. The fourth-order valence-electron chi connectivity index (χ4n) is 1.32. The molecule has 2 rings (SSSR count). The van der Waals surface area contributed by atoms with Crippen LogP contribution >= 0.6 is 15.9 Å². The molecule has 0 saturated heterocycles. The highest BCUT2D eigenvalue weighted by atomic mass is 79.9. The van der Waals surface area contributed by atoms with Crippen molar-refractivity contribution in [2.24, 2.45) is 0 Å². The van der Waals surface area contributed by atoms with E-state index in [1.807, 2.05) is 0 Å². The van der Waals surface area contributed by atoms with Gasteiger partial charge in [0.1, 0.15) is 11.9 Å². The number of benzene rings is 1. The van der Waals surface area contributed by atoms with Crippen molar-refractivity contribution in [3.05, 3.63) is 58.3 Å². The number of aromatic nitrogens is 2. The molecule has 82 valence electrons. The molecular weight excluding hydrogens is 275 g/mol. The molecule has 0 radical (unpaired) electrons. The maximum Gasteiger partial charge on any atom is 0.161 e. The Morgan fingerprint density at radius 3 is 2.62 bits per heavy atom. The molecular formula is C11H8BrFN2O. The van der Waals surface area contributed by atoms with Gasteiger partial charge in [0.05, 0.1) is 0 Å². The molecule has 1 atom stereocenters. The third kappa shape index (κ3) is 2.25. The lowest BCUT2D eigenvalue weighted by Crippen LogP contribution is -2.06. The van der Waals surface area contributed by atoms with Gasteiger partial charge in [-0.2, -0.15) is 0 Å². The first-order valence-electron chi connectivity index (χ1n) is 4.58. The molecule has 0 aliphatic heterocycles. The van der Waals surface area contributed by atoms with Crippen LogP contribution in [0, 0.1) is 5.82 Å². The molecule has 3 nitrogen and oxygen atoms in total. The molecule has 1 aromatic heterocycles. The van der Waals surface area contributed by atoms with Crippen molar-refractivity contribution in [2.45, 2.75) is 6.10 Å². The van der Waals surface area contributed by atoms with E-state index in [1.54, 1.807) is 12.1 Å². The largest absolute Gasteiger partial charge is 0.380 e. The quantitative estimate of drug-likeness (QED) is 0.920. The van der Waals surface area contributed by atoms with Crippen molar-refractivity contribution in [1.82, 2.24) is 9.97 Å². The zero-order valence-electron chi connectivity index (χ0n) is 8.14. The Morgan fingerprint density at radius 1 is 1.25 bits per heavy atom. The van der Waals surface area contributed by atoms with E-state index in [-0.39, 0.29) is 11.4 Å². The third-order valence-electron chi connectivity index (χ3n) is 2.08. The van der Waals surface area contributed by atoms with E-state index in [9.17, 15) is 9.50 Å².